The number of halogens is 1. The lowest BCUT2D eigenvalue weighted by Crippen LogP contribution is -2.50. The number of likely N-dealkylation sites (N-methyl/N-ethyl adjacent to an activating group) is 1. The largest absolute Gasteiger partial charge is 0.492 e. The summed E-state index contributed by atoms with van der Waals surface area (Å²) in [6, 6.07) is 13.8. The third-order valence-corrected chi connectivity index (χ3v) is 6.38. The molecule has 2 aromatic rings. The highest BCUT2D eigenvalue weighted by atomic mass is 35.5. The number of hydrogen-bond acceptors (Lipinski definition) is 6. The van der Waals surface area contributed by atoms with Crippen molar-refractivity contribution in [2.24, 2.45) is 0 Å². The Morgan fingerprint density at radius 3 is 1.83 bits per heavy atom. The van der Waals surface area contributed by atoms with Crippen LogP contribution in [0, 0.1) is 0 Å². The first kappa shape index (κ1) is 35.4. The van der Waals surface area contributed by atoms with Gasteiger partial charge in [-0.1, -0.05) is 51.4 Å². The molecule has 0 aliphatic carbocycles. The van der Waals surface area contributed by atoms with Crippen molar-refractivity contribution in [1.82, 2.24) is 15.1 Å². The van der Waals surface area contributed by atoms with Gasteiger partial charge >= 0.3 is 11.9 Å². The summed E-state index contributed by atoms with van der Waals surface area (Å²) in [5.41, 5.74) is 1.44. The number of carbonyl (C=O) groups excluding carboxylic acids is 2. The molecule has 10 nitrogen and oxygen atoms in total. The molecule has 1 atom stereocenters. The normalized spacial score (nSPS) is 11.2. The van der Waals surface area contributed by atoms with Crippen LogP contribution in [-0.4, -0.2) is 89.1 Å². The van der Waals surface area contributed by atoms with Crippen molar-refractivity contribution in [2.75, 3.05) is 39.3 Å². The molecule has 1 unspecified atom stereocenters. The second-order valence-corrected chi connectivity index (χ2v) is 9.63. The fourth-order valence-electron chi connectivity index (χ4n) is 3.93. The van der Waals surface area contributed by atoms with Crippen LogP contribution in [0.4, 0.5) is 0 Å². The van der Waals surface area contributed by atoms with Crippen LogP contribution >= 0.6 is 11.6 Å². The second-order valence-electron chi connectivity index (χ2n) is 9.19. The summed E-state index contributed by atoms with van der Waals surface area (Å²) in [6.07, 6.45) is 2.13. The van der Waals surface area contributed by atoms with Crippen LogP contribution in [0.2, 0.25) is 5.02 Å². The molecule has 0 radical (unpaired) electrons. The van der Waals surface area contributed by atoms with Crippen molar-refractivity contribution in [1.29, 1.82) is 0 Å². The van der Waals surface area contributed by atoms with Crippen molar-refractivity contribution in [3.63, 3.8) is 0 Å². The first-order chi connectivity index (χ1) is 19.6. The molecular formula is C30H42ClN3O7. The molecule has 0 aliphatic rings. The van der Waals surface area contributed by atoms with Gasteiger partial charge in [0, 0.05) is 36.6 Å². The smallest absolute Gasteiger partial charge is 0.414 e. The van der Waals surface area contributed by atoms with E-state index in [1.807, 2.05) is 29.2 Å². The quantitative estimate of drug-likeness (QED) is 0.262. The number of amides is 2. The highest BCUT2D eigenvalue weighted by Gasteiger charge is 2.26. The molecule has 0 fully saturated rings. The summed E-state index contributed by atoms with van der Waals surface area (Å²) in [5, 5.41) is 18.3. The standard InChI is InChI=1S/C28H40ClN3O3.C2H2O4/c1-5-17-32(18-6-2)28(34)26(30-27(33)23-11-13-24(29)14-12-23)21-22-9-15-25(16-10-22)35-20-19-31(7-3)8-4;3-1(4)2(5)6/h9-16,26H,5-8,17-21H2,1-4H3,(H,30,33);(H,3,4)(H,5,6). The molecule has 0 spiro atoms. The number of aliphatic carboxylic acids is 2. The fraction of sp³-hybridized carbons (Fsp3) is 0.467. The highest BCUT2D eigenvalue weighted by molar-refractivity contribution is 6.30. The van der Waals surface area contributed by atoms with E-state index in [1.165, 1.54) is 0 Å². The number of nitrogens with zero attached hydrogens (tertiary/aromatic N) is 2. The maximum absolute atomic E-state index is 13.4. The molecule has 0 aromatic heterocycles. The number of carboxylic acids is 2. The minimum absolute atomic E-state index is 0.0597. The molecule has 3 N–H and O–H groups in total. The molecule has 226 valence electrons. The third kappa shape index (κ3) is 13.5. The number of carbonyl (C=O) groups is 4. The minimum Gasteiger partial charge on any atom is -0.492 e. The van der Waals surface area contributed by atoms with Crippen molar-refractivity contribution in [2.45, 2.75) is 53.0 Å². The van der Waals surface area contributed by atoms with Crippen molar-refractivity contribution in [3.8, 4) is 5.75 Å². The number of rotatable bonds is 15. The molecule has 0 heterocycles. The van der Waals surface area contributed by atoms with Gasteiger partial charge in [0.2, 0.25) is 5.91 Å². The van der Waals surface area contributed by atoms with Crippen LogP contribution in [0.3, 0.4) is 0 Å². The summed E-state index contributed by atoms with van der Waals surface area (Å²) >= 11 is 5.96. The van der Waals surface area contributed by atoms with E-state index in [0.29, 0.717) is 36.7 Å². The van der Waals surface area contributed by atoms with Gasteiger partial charge < -0.3 is 30.1 Å². The predicted molar refractivity (Wildman–Crippen MR) is 159 cm³/mol. The lowest BCUT2D eigenvalue weighted by atomic mass is 10.0. The Morgan fingerprint density at radius 1 is 0.829 bits per heavy atom. The van der Waals surface area contributed by atoms with Gasteiger partial charge in [-0.2, -0.15) is 0 Å². The maximum Gasteiger partial charge on any atom is 0.414 e. The van der Waals surface area contributed by atoms with Gasteiger partial charge in [-0.25, -0.2) is 9.59 Å². The van der Waals surface area contributed by atoms with Crippen LogP contribution in [0.1, 0.15) is 56.5 Å². The zero-order chi connectivity index (χ0) is 30.8. The number of hydrogen-bond donors (Lipinski definition) is 3. The van der Waals surface area contributed by atoms with E-state index in [2.05, 4.69) is 37.9 Å². The van der Waals surface area contributed by atoms with Crippen LogP contribution in [0.25, 0.3) is 0 Å². The Hall–Kier alpha value is -3.63. The Balaban J connectivity index is 0.00000126. The topological polar surface area (TPSA) is 136 Å². The number of carboxylic acid groups (broad SMARTS) is 2. The molecule has 0 bridgehead atoms. The highest BCUT2D eigenvalue weighted by Crippen LogP contribution is 2.16. The Bertz CT molecular complexity index is 1070. The van der Waals surface area contributed by atoms with Crippen molar-refractivity contribution < 1.29 is 34.1 Å². The summed E-state index contributed by atoms with van der Waals surface area (Å²) in [6.45, 7) is 13.2. The Labute approximate surface area is 247 Å². The predicted octanol–water partition coefficient (Wildman–Crippen LogP) is 4.21. The van der Waals surface area contributed by atoms with Crippen LogP contribution in [0.5, 0.6) is 5.75 Å². The van der Waals surface area contributed by atoms with Gasteiger partial charge in [0.1, 0.15) is 18.4 Å². The third-order valence-electron chi connectivity index (χ3n) is 6.13. The van der Waals surface area contributed by atoms with Crippen LogP contribution in [-0.2, 0) is 20.8 Å². The van der Waals surface area contributed by atoms with E-state index in [-0.39, 0.29) is 11.8 Å². The van der Waals surface area contributed by atoms with E-state index >= 15 is 0 Å². The van der Waals surface area contributed by atoms with Gasteiger partial charge in [-0.15, -0.1) is 0 Å². The van der Waals surface area contributed by atoms with E-state index in [9.17, 15) is 9.59 Å². The molecule has 0 aliphatic heterocycles. The maximum atomic E-state index is 13.4. The lowest BCUT2D eigenvalue weighted by Gasteiger charge is -2.27. The lowest BCUT2D eigenvalue weighted by molar-refractivity contribution is -0.159. The molecule has 41 heavy (non-hydrogen) atoms. The number of nitrogens with one attached hydrogen (secondary N) is 1. The number of ether oxygens (including phenoxy) is 1. The summed E-state index contributed by atoms with van der Waals surface area (Å²) < 4.78 is 5.88. The molecular weight excluding hydrogens is 550 g/mol. The first-order valence-corrected chi connectivity index (χ1v) is 14.2. The van der Waals surface area contributed by atoms with E-state index in [0.717, 1.165) is 43.8 Å². The van der Waals surface area contributed by atoms with E-state index in [4.69, 9.17) is 36.1 Å². The zero-order valence-electron chi connectivity index (χ0n) is 24.3. The molecule has 2 amide bonds. The first-order valence-electron chi connectivity index (χ1n) is 13.8. The Morgan fingerprint density at radius 2 is 1.37 bits per heavy atom. The molecule has 2 aromatic carbocycles. The summed E-state index contributed by atoms with van der Waals surface area (Å²) in [5.74, 6) is -3.20. The van der Waals surface area contributed by atoms with Gasteiger partial charge in [0.25, 0.3) is 5.91 Å². The summed E-state index contributed by atoms with van der Waals surface area (Å²) in [7, 11) is 0. The van der Waals surface area contributed by atoms with Gasteiger partial charge in [-0.3, -0.25) is 9.59 Å². The van der Waals surface area contributed by atoms with Crippen LogP contribution in [0.15, 0.2) is 48.5 Å². The average molecular weight is 592 g/mol. The van der Waals surface area contributed by atoms with Gasteiger partial charge in [-0.05, 0) is 67.9 Å². The molecule has 11 heteroatoms. The monoisotopic (exact) mass is 591 g/mol. The zero-order valence-corrected chi connectivity index (χ0v) is 25.0. The second kappa shape index (κ2) is 19.4. The molecule has 0 saturated carbocycles. The van der Waals surface area contributed by atoms with Gasteiger partial charge in [0.05, 0.1) is 0 Å². The number of benzene rings is 2. The molecule has 0 saturated heterocycles. The van der Waals surface area contributed by atoms with Crippen molar-refractivity contribution >= 4 is 35.4 Å². The fourth-order valence-corrected chi connectivity index (χ4v) is 4.05. The summed E-state index contributed by atoms with van der Waals surface area (Å²) in [4.78, 5) is 48.7. The SMILES string of the molecule is CCCN(CCC)C(=O)C(Cc1ccc(OCCN(CC)CC)cc1)NC(=O)c1ccc(Cl)cc1.O=C(O)C(=O)O. The Kier molecular flexibility index (Phi) is 16.8. The van der Waals surface area contributed by atoms with Crippen molar-refractivity contribution in [3.05, 3.63) is 64.7 Å². The average Bonchev–Trinajstić information content (AvgIpc) is 2.96. The minimum atomic E-state index is -1.82. The van der Waals surface area contributed by atoms with Gasteiger partial charge in [0.15, 0.2) is 0 Å². The molecule has 2 rings (SSSR count). The van der Waals surface area contributed by atoms with Crippen LogP contribution < -0.4 is 10.1 Å². The van der Waals surface area contributed by atoms with E-state index < -0.39 is 18.0 Å². The van der Waals surface area contributed by atoms with E-state index in [1.54, 1.807) is 24.3 Å².